The first-order valence-electron chi connectivity index (χ1n) is 8.45. The van der Waals surface area contributed by atoms with Crippen LogP contribution in [0.1, 0.15) is 58.8 Å². The van der Waals surface area contributed by atoms with Gasteiger partial charge < -0.3 is 5.11 Å². The Labute approximate surface area is 122 Å². The second-order valence-corrected chi connectivity index (χ2v) is 7.93. The van der Waals surface area contributed by atoms with E-state index in [1.807, 2.05) is 0 Å². The van der Waals surface area contributed by atoms with E-state index in [9.17, 15) is 4.79 Å². The molecule has 0 aromatic heterocycles. The Morgan fingerprint density at radius 1 is 1.20 bits per heavy atom. The van der Waals surface area contributed by atoms with Gasteiger partial charge in [0.1, 0.15) is 0 Å². The van der Waals surface area contributed by atoms with Crippen LogP contribution in [-0.4, -0.2) is 35.1 Å². The lowest BCUT2D eigenvalue weighted by atomic mass is 9.49. The van der Waals surface area contributed by atoms with Crippen molar-refractivity contribution in [2.45, 2.75) is 64.8 Å². The lowest BCUT2D eigenvalue weighted by Gasteiger charge is -2.58. The molecule has 4 rings (SSSR count). The molecule has 0 heterocycles. The van der Waals surface area contributed by atoms with Crippen LogP contribution >= 0.6 is 0 Å². The molecule has 0 aromatic rings. The average Bonchev–Trinajstić information content (AvgIpc) is 2.33. The predicted octanol–water partition coefficient (Wildman–Crippen LogP) is 3.39. The largest absolute Gasteiger partial charge is 0.481 e. The van der Waals surface area contributed by atoms with Gasteiger partial charge in [0, 0.05) is 12.6 Å². The third-order valence-corrected chi connectivity index (χ3v) is 6.20. The number of carbonyl (C=O) groups is 1. The molecule has 20 heavy (non-hydrogen) atoms. The van der Waals surface area contributed by atoms with Gasteiger partial charge in [-0.3, -0.25) is 9.69 Å². The second-order valence-electron chi connectivity index (χ2n) is 7.93. The highest BCUT2D eigenvalue weighted by Gasteiger charge is 2.51. The lowest BCUT2D eigenvalue weighted by molar-refractivity contribution is -0.138. The van der Waals surface area contributed by atoms with Crippen molar-refractivity contribution in [2.24, 2.45) is 23.2 Å². The molecule has 0 spiro atoms. The summed E-state index contributed by atoms with van der Waals surface area (Å²) in [5, 5.41) is 9.03. The molecule has 4 saturated carbocycles. The molecule has 4 aliphatic rings. The molecule has 0 radical (unpaired) electrons. The number of carboxylic acid groups (broad SMARTS) is 1. The highest BCUT2D eigenvalue weighted by Crippen LogP contribution is 2.60. The van der Waals surface area contributed by atoms with Crippen LogP contribution in [0.15, 0.2) is 0 Å². The summed E-state index contributed by atoms with van der Waals surface area (Å²) in [7, 11) is 0. The van der Waals surface area contributed by atoms with Crippen LogP contribution in [0.4, 0.5) is 0 Å². The van der Waals surface area contributed by atoms with Gasteiger partial charge in [-0.1, -0.05) is 6.92 Å². The van der Waals surface area contributed by atoms with Crippen molar-refractivity contribution < 1.29 is 9.90 Å². The highest BCUT2D eigenvalue weighted by atomic mass is 16.4. The minimum Gasteiger partial charge on any atom is -0.481 e. The molecule has 1 N–H and O–H groups in total. The number of carboxylic acids is 1. The molecule has 0 aliphatic heterocycles. The molecule has 4 aliphatic carbocycles. The number of nitrogens with zero attached hydrogens (tertiary/aromatic N) is 1. The number of hydrogen-bond acceptors (Lipinski definition) is 2. The summed E-state index contributed by atoms with van der Waals surface area (Å²) in [6.07, 6.45) is 8.96. The van der Waals surface area contributed by atoms with Crippen LogP contribution in [-0.2, 0) is 4.79 Å². The van der Waals surface area contributed by atoms with Crippen LogP contribution < -0.4 is 0 Å². The zero-order chi connectivity index (χ0) is 14.3. The zero-order valence-corrected chi connectivity index (χ0v) is 13.0. The van der Waals surface area contributed by atoms with Crippen molar-refractivity contribution in [3.05, 3.63) is 0 Å². The summed E-state index contributed by atoms with van der Waals surface area (Å²) in [5.74, 6) is 2.28. The monoisotopic (exact) mass is 279 g/mol. The summed E-state index contributed by atoms with van der Waals surface area (Å²) < 4.78 is 0. The Morgan fingerprint density at radius 3 is 2.10 bits per heavy atom. The molecule has 3 nitrogen and oxygen atoms in total. The first-order valence-corrected chi connectivity index (χ1v) is 8.45. The number of hydrogen-bond donors (Lipinski definition) is 1. The molecule has 1 atom stereocenters. The fourth-order valence-corrected chi connectivity index (χ4v) is 5.88. The normalized spacial score (nSPS) is 40.2. The van der Waals surface area contributed by atoms with E-state index < -0.39 is 5.97 Å². The third-order valence-electron chi connectivity index (χ3n) is 6.20. The summed E-state index contributed by atoms with van der Waals surface area (Å²) in [5.41, 5.74) is 0.525. The van der Waals surface area contributed by atoms with Gasteiger partial charge in [-0.05, 0) is 75.2 Å². The average molecular weight is 279 g/mol. The Hall–Kier alpha value is -0.570. The molecule has 114 valence electrons. The Bertz CT molecular complexity index is 344. The van der Waals surface area contributed by atoms with Crippen LogP contribution in [0, 0.1) is 23.2 Å². The number of rotatable bonds is 6. The zero-order valence-electron chi connectivity index (χ0n) is 13.0. The van der Waals surface area contributed by atoms with Crippen LogP contribution in [0.2, 0.25) is 0 Å². The summed E-state index contributed by atoms with van der Waals surface area (Å²) in [6.45, 7) is 6.38. The van der Waals surface area contributed by atoms with Crippen molar-refractivity contribution in [3.8, 4) is 0 Å². The van der Waals surface area contributed by atoms with Gasteiger partial charge in [-0.2, -0.15) is 0 Å². The minimum absolute atomic E-state index is 0.172. The van der Waals surface area contributed by atoms with Gasteiger partial charge in [-0.15, -0.1) is 0 Å². The number of aliphatic carboxylic acids is 1. The second kappa shape index (κ2) is 5.32. The Kier molecular flexibility index (Phi) is 3.83. The molecule has 4 bridgehead atoms. The maximum absolute atomic E-state index is 11.0. The van der Waals surface area contributed by atoms with Gasteiger partial charge >= 0.3 is 5.97 Å². The van der Waals surface area contributed by atoms with E-state index in [1.165, 1.54) is 38.5 Å². The molecular formula is C17H29NO2. The van der Waals surface area contributed by atoms with E-state index in [0.29, 0.717) is 5.41 Å². The van der Waals surface area contributed by atoms with Crippen molar-refractivity contribution in [2.75, 3.05) is 13.1 Å². The summed E-state index contributed by atoms with van der Waals surface area (Å²) in [6, 6.07) is 0.172. The third kappa shape index (κ3) is 2.74. The molecule has 1 unspecified atom stereocenters. The highest BCUT2D eigenvalue weighted by molar-refractivity contribution is 5.67. The van der Waals surface area contributed by atoms with Crippen molar-refractivity contribution in [1.82, 2.24) is 4.90 Å². The van der Waals surface area contributed by atoms with Gasteiger partial charge in [-0.25, -0.2) is 0 Å². The molecule has 0 amide bonds. The van der Waals surface area contributed by atoms with E-state index in [2.05, 4.69) is 18.7 Å². The molecular weight excluding hydrogens is 250 g/mol. The topological polar surface area (TPSA) is 40.5 Å². The fourth-order valence-electron chi connectivity index (χ4n) is 5.88. The Morgan fingerprint density at radius 2 is 1.70 bits per heavy atom. The Balaban J connectivity index is 1.67. The molecule has 4 fully saturated rings. The molecule has 0 aromatic carbocycles. The van der Waals surface area contributed by atoms with Crippen molar-refractivity contribution in [1.29, 1.82) is 0 Å². The smallest absolute Gasteiger partial charge is 0.304 e. The van der Waals surface area contributed by atoms with Crippen LogP contribution in [0.5, 0.6) is 0 Å². The summed E-state index contributed by atoms with van der Waals surface area (Å²) in [4.78, 5) is 13.4. The van der Waals surface area contributed by atoms with Crippen molar-refractivity contribution in [3.63, 3.8) is 0 Å². The maximum atomic E-state index is 11.0. The van der Waals surface area contributed by atoms with Gasteiger partial charge in [0.25, 0.3) is 0 Å². The maximum Gasteiger partial charge on any atom is 0.304 e. The molecule has 0 saturated heterocycles. The van der Waals surface area contributed by atoms with Gasteiger partial charge in [0.05, 0.1) is 6.42 Å². The van der Waals surface area contributed by atoms with E-state index in [0.717, 1.165) is 30.8 Å². The predicted molar refractivity (Wildman–Crippen MR) is 79.6 cm³/mol. The SMILES string of the molecule is CCN(CC12CC3CC(CC(C3)C1)C2)C(C)CC(=O)O. The van der Waals surface area contributed by atoms with Gasteiger partial charge in [0.2, 0.25) is 0 Å². The van der Waals surface area contributed by atoms with E-state index in [4.69, 9.17) is 5.11 Å². The van der Waals surface area contributed by atoms with Gasteiger partial charge in [0.15, 0.2) is 0 Å². The minimum atomic E-state index is -0.665. The fraction of sp³-hybridized carbons (Fsp3) is 0.941. The van der Waals surface area contributed by atoms with Crippen LogP contribution in [0.3, 0.4) is 0 Å². The van der Waals surface area contributed by atoms with E-state index in [1.54, 1.807) is 0 Å². The molecule has 3 heteroatoms. The lowest BCUT2D eigenvalue weighted by Crippen LogP contribution is -2.52. The first-order chi connectivity index (χ1) is 9.49. The van der Waals surface area contributed by atoms with E-state index >= 15 is 0 Å². The van der Waals surface area contributed by atoms with Crippen LogP contribution in [0.25, 0.3) is 0 Å². The quantitative estimate of drug-likeness (QED) is 0.810. The summed E-state index contributed by atoms with van der Waals surface area (Å²) >= 11 is 0. The standard InChI is InChI=1S/C17H29NO2/c1-3-18(12(2)4-16(19)20)11-17-8-13-5-14(9-17)7-15(6-13)10-17/h12-15H,3-11H2,1-2H3,(H,19,20). The van der Waals surface area contributed by atoms with E-state index in [-0.39, 0.29) is 12.5 Å². The van der Waals surface area contributed by atoms with Crippen molar-refractivity contribution >= 4 is 5.97 Å². The first kappa shape index (κ1) is 14.4.